The maximum absolute atomic E-state index is 6.67. The van der Waals surface area contributed by atoms with E-state index in [-0.39, 0.29) is 12.4 Å². The van der Waals surface area contributed by atoms with Gasteiger partial charge in [0, 0.05) is 11.9 Å². The Labute approximate surface area is 104 Å². The van der Waals surface area contributed by atoms with Gasteiger partial charge < -0.3 is 5.32 Å². The van der Waals surface area contributed by atoms with Gasteiger partial charge in [0.2, 0.25) is 0 Å². The van der Waals surface area contributed by atoms with Gasteiger partial charge in [-0.3, -0.25) is 0 Å². The summed E-state index contributed by atoms with van der Waals surface area (Å²) in [6, 6.07) is 0. The summed E-state index contributed by atoms with van der Waals surface area (Å²) in [6.45, 7) is 1.14. The normalized spacial score (nSPS) is 51.6. The summed E-state index contributed by atoms with van der Waals surface area (Å²) < 4.78 is 0. The summed E-state index contributed by atoms with van der Waals surface area (Å²) >= 11 is 6.67. The predicted molar refractivity (Wildman–Crippen MR) is 66.8 cm³/mol. The van der Waals surface area contributed by atoms with Gasteiger partial charge in [0.1, 0.15) is 0 Å². The van der Waals surface area contributed by atoms with Crippen molar-refractivity contribution in [3.63, 3.8) is 0 Å². The molecule has 0 heterocycles. The summed E-state index contributed by atoms with van der Waals surface area (Å²) in [4.78, 5) is 0. The first kappa shape index (κ1) is 12.0. The second-order valence-electron chi connectivity index (χ2n) is 5.90. The van der Waals surface area contributed by atoms with Crippen LogP contribution in [-0.4, -0.2) is 19.0 Å². The van der Waals surface area contributed by atoms with Crippen LogP contribution in [0.3, 0.4) is 0 Å². The van der Waals surface area contributed by atoms with Gasteiger partial charge >= 0.3 is 0 Å². The van der Waals surface area contributed by atoms with Gasteiger partial charge in [-0.25, -0.2) is 0 Å². The zero-order chi connectivity index (χ0) is 9.76. The van der Waals surface area contributed by atoms with Crippen LogP contribution >= 0.6 is 24.0 Å². The van der Waals surface area contributed by atoms with Crippen molar-refractivity contribution in [3.05, 3.63) is 0 Å². The first-order chi connectivity index (χ1) is 6.73. The summed E-state index contributed by atoms with van der Waals surface area (Å²) in [5.74, 6) is 2.86. The Morgan fingerprint density at radius 2 is 1.80 bits per heavy atom. The molecule has 0 amide bonds. The third kappa shape index (κ3) is 1.71. The van der Waals surface area contributed by atoms with Gasteiger partial charge in [0.25, 0.3) is 0 Å². The number of hydrogen-bond acceptors (Lipinski definition) is 1. The van der Waals surface area contributed by atoms with Gasteiger partial charge in [-0.15, -0.1) is 24.0 Å². The Bertz CT molecular complexity index is 230. The van der Waals surface area contributed by atoms with Crippen LogP contribution in [0.1, 0.15) is 32.1 Å². The molecule has 1 nitrogen and oxygen atoms in total. The van der Waals surface area contributed by atoms with E-state index in [1.54, 1.807) is 0 Å². The Morgan fingerprint density at radius 1 is 1.20 bits per heavy atom. The van der Waals surface area contributed by atoms with Gasteiger partial charge in [-0.1, -0.05) is 0 Å². The molecule has 4 fully saturated rings. The minimum absolute atomic E-state index is 0. The maximum Gasteiger partial charge on any atom is 0.0433 e. The van der Waals surface area contributed by atoms with E-state index < -0.39 is 0 Å². The van der Waals surface area contributed by atoms with Gasteiger partial charge in [-0.2, -0.15) is 0 Å². The van der Waals surface area contributed by atoms with Crippen LogP contribution in [0.2, 0.25) is 0 Å². The van der Waals surface area contributed by atoms with Gasteiger partial charge in [0.05, 0.1) is 0 Å². The first-order valence-electron chi connectivity index (χ1n) is 6.02. The molecule has 15 heavy (non-hydrogen) atoms. The molecular weight excluding hydrogens is 229 g/mol. The topological polar surface area (TPSA) is 12.0 Å². The van der Waals surface area contributed by atoms with Gasteiger partial charge in [-0.05, 0) is 62.3 Å². The van der Waals surface area contributed by atoms with Gasteiger partial charge in [0.15, 0.2) is 0 Å². The van der Waals surface area contributed by atoms with Crippen molar-refractivity contribution < 1.29 is 0 Å². The summed E-state index contributed by atoms with van der Waals surface area (Å²) in [5, 5.41) is 3.83. The Kier molecular flexibility index (Phi) is 3.27. The van der Waals surface area contributed by atoms with E-state index in [2.05, 4.69) is 12.4 Å². The second-order valence-corrected chi connectivity index (χ2v) is 6.37. The highest BCUT2D eigenvalue weighted by molar-refractivity contribution is 6.21. The molecule has 4 rings (SSSR count). The monoisotopic (exact) mass is 249 g/mol. The minimum atomic E-state index is 0. The lowest BCUT2D eigenvalue weighted by Crippen LogP contribution is -2.57. The quantitative estimate of drug-likeness (QED) is 0.743. The first-order valence-corrected chi connectivity index (χ1v) is 6.46. The molecule has 0 aromatic heterocycles. The van der Waals surface area contributed by atoms with E-state index in [9.17, 15) is 0 Å². The lowest BCUT2D eigenvalue weighted by Gasteiger charge is -2.59. The van der Waals surface area contributed by atoms with Crippen LogP contribution in [0.25, 0.3) is 0 Å². The molecule has 3 unspecified atom stereocenters. The van der Waals surface area contributed by atoms with Crippen molar-refractivity contribution in [2.75, 3.05) is 13.6 Å². The zero-order valence-electron chi connectivity index (χ0n) is 9.34. The molecule has 4 aliphatic rings. The lowest BCUT2D eigenvalue weighted by atomic mass is 9.49. The fourth-order valence-electron chi connectivity index (χ4n) is 4.74. The third-order valence-corrected chi connectivity index (χ3v) is 5.68. The Hall–Kier alpha value is 0.540. The lowest BCUT2D eigenvalue weighted by molar-refractivity contribution is -0.0454. The van der Waals surface area contributed by atoms with E-state index in [1.165, 1.54) is 32.1 Å². The van der Waals surface area contributed by atoms with Crippen LogP contribution in [0.15, 0.2) is 0 Å². The van der Waals surface area contributed by atoms with Crippen molar-refractivity contribution >= 4 is 24.0 Å². The molecule has 0 saturated heterocycles. The molecule has 4 aliphatic carbocycles. The second kappa shape index (κ2) is 4.09. The third-order valence-electron chi connectivity index (χ3n) is 4.86. The summed E-state index contributed by atoms with van der Waals surface area (Å²) in [5.41, 5.74) is 0.463. The number of alkyl halides is 1. The molecule has 4 saturated carbocycles. The molecule has 0 aliphatic heterocycles. The fourth-order valence-corrected chi connectivity index (χ4v) is 5.20. The van der Waals surface area contributed by atoms with Crippen LogP contribution in [0, 0.1) is 23.2 Å². The minimum Gasteiger partial charge on any atom is -0.319 e. The highest BCUT2D eigenvalue weighted by Gasteiger charge is 2.55. The van der Waals surface area contributed by atoms with E-state index in [0.29, 0.717) is 10.8 Å². The summed E-state index contributed by atoms with van der Waals surface area (Å²) in [7, 11) is 2.07. The van der Waals surface area contributed by atoms with Crippen molar-refractivity contribution in [1.29, 1.82) is 0 Å². The highest BCUT2D eigenvalue weighted by Crippen LogP contribution is 2.61. The van der Waals surface area contributed by atoms with E-state index in [1.807, 2.05) is 0 Å². The van der Waals surface area contributed by atoms with Crippen molar-refractivity contribution in [1.82, 2.24) is 5.32 Å². The molecular formula is C12H21Cl2N. The number of nitrogens with one attached hydrogen (secondary N) is 1. The number of rotatable bonds is 2. The average molecular weight is 250 g/mol. The Balaban J connectivity index is 0.000000853. The standard InChI is InChI=1S/C12H20ClN.ClH/c1-14-7-12-5-8-2-9(6-12)4-10(3-8)11(12)13;/h8-11,14H,2-7H2,1H3;1H. The van der Waals surface area contributed by atoms with Crippen molar-refractivity contribution in [2.24, 2.45) is 23.2 Å². The molecule has 0 aromatic rings. The zero-order valence-corrected chi connectivity index (χ0v) is 10.9. The smallest absolute Gasteiger partial charge is 0.0433 e. The molecule has 0 spiro atoms. The number of halogens is 2. The highest BCUT2D eigenvalue weighted by atomic mass is 35.5. The predicted octanol–water partition coefficient (Wildman–Crippen LogP) is 3.06. The van der Waals surface area contributed by atoms with Crippen molar-refractivity contribution in [3.8, 4) is 0 Å². The number of hydrogen-bond donors (Lipinski definition) is 1. The van der Waals surface area contributed by atoms with Crippen LogP contribution in [-0.2, 0) is 0 Å². The van der Waals surface area contributed by atoms with Crippen LogP contribution in [0.5, 0.6) is 0 Å². The molecule has 3 atom stereocenters. The van der Waals surface area contributed by atoms with Crippen LogP contribution in [0.4, 0.5) is 0 Å². The molecule has 0 aromatic carbocycles. The summed E-state index contributed by atoms with van der Waals surface area (Å²) in [6.07, 6.45) is 7.15. The molecule has 1 N–H and O–H groups in total. The molecule has 3 heteroatoms. The van der Waals surface area contributed by atoms with Crippen molar-refractivity contribution in [2.45, 2.75) is 37.5 Å². The largest absolute Gasteiger partial charge is 0.319 e. The van der Waals surface area contributed by atoms with E-state index >= 15 is 0 Å². The van der Waals surface area contributed by atoms with Crippen LogP contribution < -0.4 is 5.32 Å². The SMILES string of the molecule is CNCC12CC3CC(CC(C3)C1Cl)C2.Cl. The van der Waals surface area contributed by atoms with E-state index in [0.717, 1.165) is 24.3 Å². The molecule has 4 bridgehead atoms. The fraction of sp³-hybridized carbons (Fsp3) is 1.00. The molecule has 0 radical (unpaired) electrons. The Morgan fingerprint density at radius 3 is 2.33 bits per heavy atom. The maximum atomic E-state index is 6.67. The average Bonchev–Trinajstić information content (AvgIpc) is 2.13. The van der Waals surface area contributed by atoms with E-state index in [4.69, 9.17) is 11.6 Å². The molecule has 88 valence electrons.